The monoisotopic (exact) mass is 308 g/mol. The van der Waals surface area contributed by atoms with Crippen molar-refractivity contribution in [2.45, 2.75) is 5.56 Å². The molecular weight excluding hydrogens is 302 g/mol. The van der Waals surface area contributed by atoms with Gasteiger partial charge in [0.1, 0.15) is 4.31 Å². The van der Waals surface area contributed by atoms with E-state index in [9.17, 15) is 18.9 Å². The summed E-state index contributed by atoms with van der Waals surface area (Å²) in [5.74, 6) is 0. The van der Waals surface area contributed by atoms with Crippen molar-refractivity contribution in [1.82, 2.24) is 0 Å². The maximum absolute atomic E-state index is 9.24. The summed E-state index contributed by atoms with van der Waals surface area (Å²) in [5.41, 5.74) is -0.134. The minimum atomic E-state index is -3.24. The van der Waals surface area contributed by atoms with Crippen molar-refractivity contribution in [3.63, 3.8) is 0 Å². The third-order valence-electron chi connectivity index (χ3n) is 1.21. The molecule has 6 nitrogen and oxygen atoms in total. The van der Waals surface area contributed by atoms with Crippen LogP contribution in [0.5, 0.6) is 0 Å². The van der Waals surface area contributed by atoms with Crippen LogP contribution < -0.4 is 9.79 Å². The molecule has 0 saturated carbocycles. The average molecular weight is 309 g/mol. The molecule has 0 radical (unpaired) electrons. The molecule has 10 heteroatoms. The Hall–Kier alpha value is 0.316. The molecule has 88 valence electrons. The second-order valence-corrected chi connectivity index (χ2v) is 4.24. The van der Waals surface area contributed by atoms with Crippen molar-refractivity contribution in [1.29, 1.82) is 0 Å². The summed E-state index contributed by atoms with van der Waals surface area (Å²) in [5, 5.41) is 8.79. The maximum Gasteiger partial charge on any atom is 2.00 e. The molecule has 3 atom stereocenters. The first-order valence-electron chi connectivity index (χ1n) is 3.77. The molecule has 0 aliphatic rings. The van der Waals surface area contributed by atoms with Crippen molar-refractivity contribution in [2.24, 2.45) is 0 Å². The van der Waals surface area contributed by atoms with Crippen molar-refractivity contribution in [2.75, 3.05) is 0 Å². The summed E-state index contributed by atoms with van der Waals surface area (Å²) < 4.78 is 21.6. The van der Waals surface area contributed by atoms with Gasteiger partial charge in [0.25, 0.3) is 0 Å². The molecule has 1 N–H and O–H groups in total. The van der Waals surface area contributed by atoms with Crippen molar-refractivity contribution < 1.29 is 28.3 Å². The minimum absolute atomic E-state index is 0. The summed E-state index contributed by atoms with van der Waals surface area (Å²) in [6, 6.07) is 9.10. The summed E-state index contributed by atoms with van der Waals surface area (Å²) >= 11 is 5.36. The van der Waals surface area contributed by atoms with E-state index in [4.69, 9.17) is 16.7 Å². The molecule has 0 bridgehead atoms. The number of alkyl halides is 1. The first kappa shape index (κ1) is 19.7. The molecule has 0 fully saturated rings. The van der Waals surface area contributed by atoms with Crippen LogP contribution in [0.2, 0.25) is 0 Å². The van der Waals surface area contributed by atoms with Crippen LogP contribution in [0.3, 0.4) is 0 Å². The third kappa shape index (κ3) is 12.6. The van der Waals surface area contributed by atoms with Gasteiger partial charge < -0.3 is 14.9 Å². The Balaban J connectivity index is 0. The normalized spacial score (nSPS) is 12.5. The number of halogens is 1. The molecule has 1 aromatic rings. The number of aliphatic hydroxyl groups is 1. The molecule has 0 aliphatic carbocycles. The summed E-state index contributed by atoms with van der Waals surface area (Å²) in [4.78, 5) is 18.5. The van der Waals surface area contributed by atoms with Gasteiger partial charge in [-0.2, -0.15) is 0 Å². The Morgan fingerprint density at radius 1 is 1.18 bits per heavy atom. The van der Waals surface area contributed by atoms with E-state index in [-0.39, 0.29) is 23.1 Å². The van der Waals surface area contributed by atoms with Gasteiger partial charge in [-0.1, -0.05) is 41.9 Å². The Bertz CT molecular complexity index is 337. The van der Waals surface area contributed by atoms with Gasteiger partial charge in [0.2, 0.25) is 0 Å². The van der Waals surface area contributed by atoms with Crippen LogP contribution in [-0.4, -0.2) is 28.2 Å². The van der Waals surface area contributed by atoms with Gasteiger partial charge in [0.05, 0.1) is 0 Å². The first-order chi connectivity index (χ1) is 7.43. The molecule has 0 amide bonds. The number of hydrogen-bond acceptors (Lipinski definition) is 6. The minimum Gasteiger partial charge on any atom is -0.563 e. The molecule has 1 aromatic carbocycles. The van der Waals surface area contributed by atoms with Crippen LogP contribution in [-0.2, 0) is 13.4 Å². The molecule has 0 spiro atoms. The van der Waals surface area contributed by atoms with E-state index in [0.29, 0.717) is 0 Å². The smallest absolute Gasteiger partial charge is 0.563 e. The van der Waals surface area contributed by atoms with Crippen LogP contribution in [0.25, 0.3) is 0 Å². The molecule has 3 unspecified atom stereocenters. The van der Waals surface area contributed by atoms with Gasteiger partial charge in [-0.15, -0.1) is 0 Å². The quantitative estimate of drug-likeness (QED) is 0.497. The van der Waals surface area contributed by atoms with E-state index in [1.807, 2.05) is 18.2 Å². The number of rotatable bonds is 3. The standard InChI is InChI=1S/C7H7ClO.Mg.O5P2/c8-7(9)6-4-2-1-3-5-6;;1-6(2)5-7(3)4/h1-5,7,9H;;/q;+2;. The van der Waals surface area contributed by atoms with E-state index in [1.165, 1.54) is 0 Å². The zero-order valence-corrected chi connectivity index (χ0v) is 12.4. The van der Waals surface area contributed by atoms with Gasteiger partial charge in [-0.25, -0.2) is 0 Å². The van der Waals surface area contributed by atoms with Gasteiger partial charge in [-0.05, 0) is 14.7 Å². The Morgan fingerprint density at radius 3 is 1.76 bits per heavy atom. The molecule has 0 aromatic heterocycles. The second kappa shape index (κ2) is 11.4. The zero-order chi connectivity index (χ0) is 12.6. The first-order valence-corrected chi connectivity index (χ1v) is 6.40. The van der Waals surface area contributed by atoms with Crippen molar-refractivity contribution in [3.8, 4) is 0 Å². The fourth-order valence-electron chi connectivity index (χ4n) is 0.666. The third-order valence-corrected chi connectivity index (χ3v) is 2.53. The van der Waals surface area contributed by atoms with Crippen molar-refractivity contribution in [3.05, 3.63) is 35.9 Å². The fourth-order valence-corrected chi connectivity index (χ4v) is 1.25. The molecule has 0 saturated heterocycles. The predicted molar refractivity (Wildman–Crippen MR) is 59.3 cm³/mol. The molecule has 0 heterocycles. The maximum atomic E-state index is 9.24. The SMILES string of the molecule is O=[P+]([O-])O[P+](=O)[O-].OC(Cl)c1ccccc1.[Mg+2]. The average Bonchev–Trinajstić information content (AvgIpc) is 2.17. The van der Waals surface area contributed by atoms with E-state index in [1.54, 1.807) is 12.1 Å². The van der Waals surface area contributed by atoms with Crippen LogP contribution in [0.1, 0.15) is 11.1 Å². The topological polar surface area (TPSA) is 110 Å². The van der Waals surface area contributed by atoms with E-state index in [0.717, 1.165) is 5.56 Å². The molecular formula is C7H7ClMgO6P2+2. The molecule has 1 rings (SSSR count). The Morgan fingerprint density at radius 2 is 1.59 bits per heavy atom. The van der Waals surface area contributed by atoms with Gasteiger partial charge in [0, 0.05) is 0 Å². The number of aliphatic hydroxyl groups excluding tert-OH is 1. The Labute approximate surface area is 121 Å². The van der Waals surface area contributed by atoms with E-state index >= 15 is 0 Å². The Kier molecular flexibility index (Phi) is 13.2. The number of hydrogen-bond donors (Lipinski definition) is 1. The zero-order valence-electron chi connectivity index (χ0n) is 8.43. The summed E-state index contributed by atoms with van der Waals surface area (Å²) in [6.07, 6.45) is 0. The number of benzene rings is 1. The second-order valence-electron chi connectivity index (χ2n) is 2.28. The summed E-state index contributed by atoms with van der Waals surface area (Å²) in [6.45, 7) is 0. The molecule has 17 heavy (non-hydrogen) atoms. The largest absolute Gasteiger partial charge is 2.00 e. The van der Waals surface area contributed by atoms with Gasteiger partial charge in [0.15, 0.2) is 5.56 Å². The summed E-state index contributed by atoms with van der Waals surface area (Å²) in [7, 11) is -6.47. The van der Waals surface area contributed by atoms with Crippen LogP contribution in [0.15, 0.2) is 30.3 Å². The van der Waals surface area contributed by atoms with Gasteiger partial charge >= 0.3 is 39.6 Å². The van der Waals surface area contributed by atoms with E-state index < -0.39 is 22.1 Å². The molecule has 0 aliphatic heterocycles. The van der Waals surface area contributed by atoms with Crippen LogP contribution in [0, 0.1) is 0 Å². The van der Waals surface area contributed by atoms with Crippen molar-refractivity contribution >= 4 is 51.2 Å². The fraction of sp³-hybridized carbons (Fsp3) is 0.143. The van der Waals surface area contributed by atoms with E-state index in [2.05, 4.69) is 4.31 Å². The van der Waals surface area contributed by atoms with Crippen LogP contribution >= 0.6 is 28.1 Å². The van der Waals surface area contributed by atoms with Gasteiger partial charge in [-0.3, -0.25) is 0 Å². The predicted octanol–water partition coefficient (Wildman–Crippen LogP) is 0.574. The van der Waals surface area contributed by atoms with Crippen LogP contribution in [0.4, 0.5) is 0 Å².